The first-order valence-electron chi connectivity index (χ1n) is 19.8. The third-order valence-corrected chi connectivity index (χ3v) is 11.4. The number of fused-ring (bicyclic) bond motifs is 5. The van der Waals surface area contributed by atoms with Gasteiger partial charge in [0.15, 0.2) is 0 Å². The fraction of sp³-hybridized carbons (Fsp3) is 0. The van der Waals surface area contributed by atoms with Crippen LogP contribution in [-0.4, -0.2) is 0 Å². The minimum absolute atomic E-state index is 0.872. The molecule has 0 saturated carbocycles. The first-order valence-corrected chi connectivity index (χ1v) is 19.8. The topological polar surface area (TPSA) is 16.4 Å². The van der Waals surface area contributed by atoms with Gasteiger partial charge < -0.3 is 9.32 Å². The maximum Gasteiger partial charge on any atom is 0.135 e. The molecular weight excluding hydrogens is 703 g/mol. The summed E-state index contributed by atoms with van der Waals surface area (Å²) >= 11 is 0. The molecule has 0 aliphatic heterocycles. The van der Waals surface area contributed by atoms with Gasteiger partial charge in [-0.1, -0.05) is 158 Å². The van der Waals surface area contributed by atoms with Crippen molar-refractivity contribution in [2.24, 2.45) is 0 Å². The molecule has 0 saturated heterocycles. The molecule has 11 rings (SSSR count). The Hall–Kier alpha value is -7.68. The molecule has 0 bridgehead atoms. The Balaban J connectivity index is 0.995. The van der Waals surface area contributed by atoms with Crippen molar-refractivity contribution in [1.29, 1.82) is 0 Å². The van der Waals surface area contributed by atoms with E-state index in [2.05, 4.69) is 211 Å². The second kappa shape index (κ2) is 14.1. The summed E-state index contributed by atoms with van der Waals surface area (Å²) in [6, 6.07) is 80.8. The zero-order valence-electron chi connectivity index (χ0n) is 31.7. The van der Waals surface area contributed by atoms with Gasteiger partial charge in [0, 0.05) is 28.0 Å². The molecule has 58 heavy (non-hydrogen) atoms. The van der Waals surface area contributed by atoms with E-state index in [0.717, 1.165) is 50.5 Å². The van der Waals surface area contributed by atoms with Crippen molar-refractivity contribution in [3.05, 3.63) is 224 Å². The minimum atomic E-state index is 0.872. The molecular formula is C56H37NO. The van der Waals surface area contributed by atoms with Crippen molar-refractivity contribution in [1.82, 2.24) is 0 Å². The third kappa shape index (κ3) is 6.09. The Bertz CT molecular complexity index is 3250. The van der Waals surface area contributed by atoms with Gasteiger partial charge in [-0.2, -0.15) is 0 Å². The molecule has 0 aliphatic carbocycles. The van der Waals surface area contributed by atoms with Crippen LogP contribution in [0.15, 0.2) is 229 Å². The summed E-state index contributed by atoms with van der Waals surface area (Å²) in [6.07, 6.45) is 0. The first-order chi connectivity index (χ1) is 28.7. The molecule has 1 aromatic heterocycles. The predicted molar refractivity (Wildman–Crippen MR) is 245 cm³/mol. The van der Waals surface area contributed by atoms with Crippen molar-refractivity contribution in [2.75, 3.05) is 4.90 Å². The van der Waals surface area contributed by atoms with E-state index >= 15 is 0 Å². The highest BCUT2D eigenvalue weighted by Gasteiger charge is 2.16. The van der Waals surface area contributed by atoms with E-state index in [1.807, 2.05) is 18.2 Å². The Morgan fingerprint density at radius 3 is 1.62 bits per heavy atom. The number of benzene rings is 10. The van der Waals surface area contributed by atoms with Crippen molar-refractivity contribution < 1.29 is 4.42 Å². The van der Waals surface area contributed by atoms with Crippen LogP contribution in [0.25, 0.3) is 88.0 Å². The average Bonchev–Trinajstić information content (AvgIpc) is 3.74. The van der Waals surface area contributed by atoms with E-state index in [-0.39, 0.29) is 0 Å². The first kappa shape index (κ1) is 33.6. The summed E-state index contributed by atoms with van der Waals surface area (Å²) in [5, 5.41) is 8.64. The lowest BCUT2D eigenvalue weighted by molar-refractivity contribution is 0.631. The number of hydrogen-bond donors (Lipinski definition) is 0. The number of hydrogen-bond acceptors (Lipinski definition) is 2. The summed E-state index contributed by atoms with van der Waals surface area (Å²) < 4.78 is 6.23. The van der Waals surface area contributed by atoms with E-state index in [4.69, 9.17) is 4.42 Å². The fourth-order valence-electron chi connectivity index (χ4n) is 8.50. The minimum Gasteiger partial charge on any atom is -0.456 e. The van der Waals surface area contributed by atoms with E-state index in [0.29, 0.717) is 0 Å². The van der Waals surface area contributed by atoms with Gasteiger partial charge in [0.1, 0.15) is 11.3 Å². The smallest absolute Gasteiger partial charge is 0.135 e. The van der Waals surface area contributed by atoms with Crippen LogP contribution in [0, 0.1) is 0 Å². The van der Waals surface area contributed by atoms with Gasteiger partial charge >= 0.3 is 0 Å². The third-order valence-electron chi connectivity index (χ3n) is 11.4. The zero-order chi connectivity index (χ0) is 38.4. The molecule has 0 radical (unpaired) electrons. The van der Waals surface area contributed by atoms with E-state index in [1.54, 1.807) is 0 Å². The number of furan rings is 1. The molecule has 0 atom stereocenters. The van der Waals surface area contributed by atoms with Crippen LogP contribution in [-0.2, 0) is 0 Å². The highest BCUT2D eigenvalue weighted by Crippen LogP contribution is 2.41. The Morgan fingerprint density at radius 2 is 0.845 bits per heavy atom. The highest BCUT2D eigenvalue weighted by molar-refractivity contribution is 6.13. The van der Waals surface area contributed by atoms with Crippen molar-refractivity contribution in [2.45, 2.75) is 0 Å². The molecule has 11 aromatic rings. The molecule has 2 nitrogen and oxygen atoms in total. The summed E-state index contributed by atoms with van der Waals surface area (Å²) in [6.45, 7) is 0. The Morgan fingerprint density at radius 1 is 0.276 bits per heavy atom. The van der Waals surface area contributed by atoms with Crippen molar-refractivity contribution in [3.8, 4) is 44.7 Å². The van der Waals surface area contributed by atoms with Gasteiger partial charge in [0.05, 0.1) is 0 Å². The van der Waals surface area contributed by atoms with Gasteiger partial charge in [-0.15, -0.1) is 0 Å². The van der Waals surface area contributed by atoms with Gasteiger partial charge in [0.25, 0.3) is 0 Å². The van der Waals surface area contributed by atoms with E-state index in [1.165, 1.54) is 54.6 Å². The zero-order valence-corrected chi connectivity index (χ0v) is 31.7. The number of nitrogens with zero attached hydrogens (tertiary/aromatic N) is 1. The van der Waals surface area contributed by atoms with Gasteiger partial charge in [-0.25, -0.2) is 0 Å². The van der Waals surface area contributed by atoms with Crippen LogP contribution in [0.5, 0.6) is 0 Å². The molecule has 2 heteroatoms. The summed E-state index contributed by atoms with van der Waals surface area (Å²) in [5.74, 6) is 0.872. The molecule has 0 amide bonds. The standard InChI is InChI=1S/C56H37NO/c1-2-12-41-33-44(24-23-38(41)11-1)43-16-10-18-50(35-43)57(49-31-27-40(28-32-49)54-36-45-13-3-5-19-51(45)52-20-6-7-21-53(52)54)48-29-25-39(26-30-48)42-15-9-17-46(34-42)56-37-47-14-4-8-22-55(47)58-56/h1-37H. The number of para-hydroxylation sites is 1. The molecule has 0 unspecified atom stereocenters. The molecule has 0 fully saturated rings. The Kier molecular flexibility index (Phi) is 8.19. The molecule has 0 aliphatic rings. The maximum atomic E-state index is 6.23. The summed E-state index contributed by atoms with van der Waals surface area (Å²) in [7, 11) is 0. The van der Waals surface area contributed by atoms with Crippen LogP contribution in [0.4, 0.5) is 17.1 Å². The SMILES string of the molecule is c1cc(-c2ccc(N(c3ccc(-c4cc5ccccc5c5ccccc45)cc3)c3cccc(-c4ccc5ccccc5c4)c3)cc2)cc(-c2cc3ccccc3o2)c1. The predicted octanol–water partition coefficient (Wildman–Crippen LogP) is 16.0. The van der Waals surface area contributed by atoms with Gasteiger partial charge in [-0.05, 0) is 132 Å². The normalized spacial score (nSPS) is 11.4. The molecule has 0 N–H and O–H groups in total. The van der Waals surface area contributed by atoms with Crippen LogP contribution in [0.1, 0.15) is 0 Å². The largest absolute Gasteiger partial charge is 0.456 e. The fourth-order valence-corrected chi connectivity index (χ4v) is 8.50. The lowest BCUT2D eigenvalue weighted by Crippen LogP contribution is -2.10. The average molecular weight is 740 g/mol. The Labute approximate surface area is 337 Å². The lowest BCUT2D eigenvalue weighted by Gasteiger charge is -2.26. The summed E-state index contributed by atoms with van der Waals surface area (Å²) in [5.41, 5.74) is 12.3. The monoisotopic (exact) mass is 739 g/mol. The van der Waals surface area contributed by atoms with Crippen LogP contribution >= 0.6 is 0 Å². The van der Waals surface area contributed by atoms with Crippen molar-refractivity contribution >= 4 is 60.3 Å². The van der Waals surface area contributed by atoms with E-state index < -0.39 is 0 Å². The molecule has 10 aromatic carbocycles. The van der Waals surface area contributed by atoms with Crippen LogP contribution in [0.2, 0.25) is 0 Å². The molecule has 0 spiro atoms. The van der Waals surface area contributed by atoms with Gasteiger partial charge in [-0.3, -0.25) is 0 Å². The number of anilines is 3. The van der Waals surface area contributed by atoms with Crippen molar-refractivity contribution in [3.63, 3.8) is 0 Å². The van der Waals surface area contributed by atoms with Gasteiger partial charge in [0.2, 0.25) is 0 Å². The highest BCUT2D eigenvalue weighted by atomic mass is 16.3. The molecule has 1 heterocycles. The van der Waals surface area contributed by atoms with Crippen LogP contribution in [0.3, 0.4) is 0 Å². The maximum absolute atomic E-state index is 6.23. The summed E-state index contributed by atoms with van der Waals surface area (Å²) in [4.78, 5) is 2.36. The van der Waals surface area contributed by atoms with Crippen LogP contribution < -0.4 is 4.90 Å². The lowest BCUT2D eigenvalue weighted by atomic mass is 9.93. The second-order valence-electron chi connectivity index (χ2n) is 15.0. The number of rotatable bonds is 7. The quantitative estimate of drug-likeness (QED) is 0.151. The second-order valence-corrected chi connectivity index (χ2v) is 15.0. The molecule has 272 valence electrons. The van der Waals surface area contributed by atoms with E-state index in [9.17, 15) is 0 Å².